The summed E-state index contributed by atoms with van der Waals surface area (Å²) in [6, 6.07) is 0.489. The maximum atomic E-state index is 11.4. The molecule has 102 valence electrons. The van der Waals surface area contributed by atoms with Crippen LogP contribution in [0.1, 0.15) is 34.1 Å². The molecule has 0 rings (SSSR count). The average molecular weight is 245 g/mol. The van der Waals surface area contributed by atoms with Crippen molar-refractivity contribution in [3.63, 3.8) is 0 Å². The molecule has 0 aromatic heterocycles. The van der Waals surface area contributed by atoms with Crippen molar-refractivity contribution in [2.45, 2.75) is 40.2 Å². The van der Waals surface area contributed by atoms with Crippen molar-refractivity contribution in [2.24, 2.45) is 5.92 Å². The highest BCUT2D eigenvalue weighted by molar-refractivity contribution is 5.81. The fraction of sp³-hybridized carbons (Fsp3) is 0.923. The molecule has 0 heterocycles. The number of hydrogen-bond acceptors (Lipinski definition) is 4. The summed E-state index contributed by atoms with van der Waals surface area (Å²) in [5.41, 5.74) is 0. The minimum atomic E-state index is 0.103. The van der Waals surface area contributed by atoms with Crippen LogP contribution in [0.25, 0.3) is 0 Å². The van der Waals surface area contributed by atoms with Gasteiger partial charge in [0.15, 0.2) is 5.78 Å². The Morgan fingerprint density at radius 3 is 2.35 bits per heavy atom. The standard InChI is InChI=1S/C13H27NO3/c1-5-12(4)13(15)10-17-9-8-16-7-6-14-11(2)3/h11-12,14H,5-10H2,1-4H3/t12-/m0/s1. The van der Waals surface area contributed by atoms with E-state index < -0.39 is 0 Å². The third-order valence-electron chi connectivity index (χ3n) is 2.58. The molecule has 1 atom stereocenters. The summed E-state index contributed by atoms with van der Waals surface area (Å²) in [5, 5.41) is 3.26. The Labute approximate surface area is 105 Å². The Balaban J connectivity index is 3.21. The van der Waals surface area contributed by atoms with Crippen molar-refractivity contribution >= 4 is 5.78 Å². The lowest BCUT2D eigenvalue weighted by Crippen LogP contribution is -2.27. The largest absolute Gasteiger partial charge is 0.378 e. The lowest BCUT2D eigenvalue weighted by atomic mass is 10.1. The van der Waals surface area contributed by atoms with Crippen LogP contribution in [-0.2, 0) is 14.3 Å². The first-order valence-electron chi connectivity index (χ1n) is 6.49. The fourth-order valence-electron chi connectivity index (χ4n) is 1.18. The van der Waals surface area contributed by atoms with Crippen LogP contribution in [-0.4, -0.2) is 44.8 Å². The van der Waals surface area contributed by atoms with E-state index in [1.54, 1.807) is 0 Å². The molecular formula is C13H27NO3. The second kappa shape index (κ2) is 10.7. The Morgan fingerprint density at radius 2 is 1.76 bits per heavy atom. The van der Waals surface area contributed by atoms with E-state index in [1.165, 1.54) is 0 Å². The molecule has 0 bridgehead atoms. The van der Waals surface area contributed by atoms with E-state index in [4.69, 9.17) is 9.47 Å². The molecule has 1 N–H and O–H groups in total. The minimum Gasteiger partial charge on any atom is -0.378 e. The van der Waals surface area contributed by atoms with E-state index in [0.29, 0.717) is 25.9 Å². The zero-order valence-electron chi connectivity index (χ0n) is 11.6. The normalized spacial score (nSPS) is 13.0. The molecule has 4 nitrogen and oxygen atoms in total. The van der Waals surface area contributed by atoms with E-state index in [1.807, 2.05) is 13.8 Å². The zero-order chi connectivity index (χ0) is 13.1. The lowest BCUT2D eigenvalue weighted by molar-refractivity contribution is -0.127. The molecule has 0 amide bonds. The van der Waals surface area contributed by atoms with Gasteiger partial charge in [-0.3, -0.25) is 4.79 Å². The third-order valence-corrected chi connectivity index (χ3v) is 2.58. The van der Waals surface area contributed by atoms with Gasteiger partial charge in [-0.2, -0.15) is 0 Å². The number of carbonyl (C=O) groups is 1. The van der Waals surface area contributed by atoms with Crippen LogP contribution in [0.15, 0.2) is 0 Å². The predicted molar refractivity (Wildman–Crippen MR) is 69.2 cm³/mol. The van der Waals surface area contributed by atoms with E-state index >= 15 is 0 Å². The summed E-state index contributed by atoms with van der Waals surface area (Å²) in [5.74, 6) is 0.278. The first-order valence-corrected chi connectivity index (χ1v) is 6.49. The van der Waals surface area contributed by atoms with Gasteiger partial charge in [-0.1, -0.05) is 27.7 Å². The molecule has 0 aliphatic carbocycles. The third kappa shape index (κ3) is 10.4. The van der Waals surface area contributed by atoms with Gasteiger partial charge in [0.1, 0.15) is 6.61 Å². The molecule has 0 radical (unpaired) electrons. The molecule has 0 fully saturated rings. The first-order chi connectivity index (χ1) is 8.07. The average Bonchev–Trinajstić information content (AvgIpc) is 2.30. The fourth-order valence-corrected chi connectivity index (χ4v) is 1.18. The van der Waals surface area contributed by atoms with Gasteiger partial charge in [-0.05, 0) is 6.42 Å². The molecule has 17 heavy (non-hydrogen) atoms. The Kier molecular flexibility index (Phi) is 10.4. The van der Waals surface area contributed by atoms with E-state index in [0.717, 1.165) is 13.0 Å². The molecule has 0 spiro atoms. The Bertz CT molecular complexity index is 195. The molecule has 0 aliphatic heterocycles. The van der Waals surface area contributed by atoms with Gasteiger partial charge in [0.05, 0.1) is 19.8 Å². The van der Waals surface area contributed by atoms with Crippen molar-refractivity contribution in [3.8, 4) is 0 Å². The molecule has 0 unspecified atom stereocenters. The van der Waals surface area contributed by atoms with Gasteiger partial charge in [0.25, 0.3) is 0 Å². The van der Waals surface area contributed by atoms with E-state index in [2.05, 4.69) is 19.2 Å². The van der Waals surface area contributed by atoms with E-state index in [-0.39, 0.29) is 18.3 Å². The van der Waals surface area contributed by atoms with Gasteiger partial charge in [-0.15, -0.1) is 0 Å². The number of carbonyl (C=O) groups excluding carboxylic acids is 1. The van der Waals surface area contributed by atoms with Gasteiger partial charge < -0.3 is 14.8 Å². The number of hydrogen-bond donors (Lipinski definition) is 1. The van der Waals surface area contributed by atoms with Gasteiger partial charge in [0, 0.05) is 18.5 Å². The van der Waals surface area contributed by atoms with Crippen molar-refractivity contribution in [1.82, 2.24) is 5.32 Å². The number of ketones is 1. The van der Waals surface area contributed by atoms with Crippen LogP contribution < -0.4 is 5.32 Å². The first kappa shape index (κ1) is 16.6. The monoisotopic (exact) mass is 245 g/mol. The number of nitrogens with one attached hydrogen (secondary N) is 1. The SMILES string of the molecule is CC[C@H](C)C(=O)COCCOCCNC(C)C. The van der Waals surface area contributed by atoms with Crippen LogP contribution in [0.4, 0.5) is 0 Å². The molecule has 0 saturated heterocycles. The van der Waals surface area contributed by atoms with Crippen molar-refractivity contribution < 1.29 is 14.3 Å². The van der Waals surface area contributed by atoms with Gasteiger partial charge >= 0.3 is 0 Å². The quantitative estimate of drug-likeness (QED) is 0.562. The maximum Gasteiger partial charge on any atom is 0.161 e. The zero-order valence-corrected chi connectivity index (χ0v) is 11.6. The summed E-state index contributed by atoms with van der Waals surface area (Å²) in [7, 11) is 0. The molecule has 0 saturated carbocycles. The summed E-state index contributed by atoms with van der Waals surface area (Å²) >= 11 is 0. The van der Waals surface area contributed by atoms with Crippen LogP contribution in [0.3, 0.4) is 0 Å². The van der Waals surface area contributed by atoms with Gasteiger partial charge in [-0.25, -0.2) is 0 Å². The van der Waals surface area contributed by atoms with E-state index in [9.17, 15) is 4.79 Å². The number of ether oxygens (including phenoxy) is 2. The molecule has 4 heteroatoms. The van der Waals surface area contributed by atoms with Crippen LogP contribution >= 0.6 is 0 Å². The highest BCUT2D eigenvalue weighted by Crippen LogP contribution is 2.01. The summed E-state index contributed by atoms with van der Waals surface area (Å²) < 4.78 is 10.6. The van der Waals surface area contributed by atoms with Crippen LogP contribution in [0, 0.1) is 5.92 Å². The Hall–Kier alpha value is -0.450. The minimum absolute atomic E-state index is 0.103. The van der Waals surface area contributed by atoms with Crippen molar-refractivity contribution in [2.75, 3.05) is 33.0 Å². The predicted octanol–water partition coefficient (Wildman–Crippen LogP) is 1.63. The number of Topliss-reactive ketones (excluding diaryl/α,β-unsaturated/α-hetero) is 1. The number of rotatable bonds is 11. The van der Waals surface area contributed by atoms with Crippen LogP contribution in [0.5, 0.6) is 0 Å². The topological polar surface area (TPSA) is 47.6 Å². The molecule has 0 aliphatic rings. The van der Waals surface area contributed by atoms with Crippen molar-refractivity contribution in [3.05, 3.63) is 0 Å². The molecule has 0 aromatic carbocycles. The highest BCUT2D eigenvalue weighted by atomic mass is 16.5. The molecule has 0 aromatic rings. The lowest BCUT2D eigenvalue weighted by Gasteiger charge is -2.10. The molecular weight excluding hydrogens is 218 g/mol. The van der Waals surface area contributed by atoms with Crippen LogP contribution in [0.2, 0.25) is 0 Å². The second-order valence-corrected chi connectivity index (χ2v) is 4.55. The summed E-state index contributed by atoms with van der Waals surface area (Å²) in [6.45, 7) is 10.9. The summed E-state index contributed by atoms with van der Waals surface area (Å²) in [6.07, 6.45) is 0.875. The summed E-state index contributed by atoms with van der Waals surface area (Å²) in [4.78, 5) is 11.4. The second-order valence-electron chi connectivity index (χ2n) is 4.55. The smallest absolute Gasteiger partial charge is 0.161 e. The highest BCUT2D eigenvalue weighted by Gasteiger charge is 2.09. The Morgan fingerprint density at radius 1 is 1.12 bits per heavy atom. The van der Waals surface area contributed by atoms with Gasteiger partial charge in [0.2, 0.25) is 0 Å². The van der Waals surface area contributed by atoms with Crippen molar-refractivity contribution in [1.29, 1.82) is 0 Å². The maximum absolute atomic E-state index is 11.4.